The van der Waals surface area contributed by atoms with Crippen LogP contribution in [0, 0.1) is 5.82 Å². The number of morpholine rings is 1. The van der Waals surface area contributed by atoms with Gasteiger partial charge in [-0.15, -0.1) is 0 Å². The molecule has 1 amide bonds. The summed E-state index contributed by atoms with van der Waals surface area (Å²) in [5, 5.41) is 16.6. The van der Waals surface area contributed by atoms with E-state index >= 15 is 0 Å². The van der Waals surface area contributed by atoms with Crippen LogP contribution in [0.25, 0.3) is 0 Å². The lowest BCUT2D eigenvalue weighted by Crippen LogP contribution is -2.42. The molecule has 1 atom stereocenters. The summed E-state index contributed by atoms with van der Waals surface area (Å²) in [5.41, 5.74) is 9.48. The van der Waals surface area contributed by atoms with Crippen molar-refractivity contribution in [1.82, 2.24) is 5.32 Å². The zero-order chi connectivity index (χ0) is 24.9. The van der Waals surface area contributed by atoms with Gasteiger partial charge in [0.15, 0.2) is 6.23 Å². The van der Waals surface area contributed by atoms with Crippen LogP contribution < -0.4 is 26.2 Å². The molecule has 35 heavy (non-hydrogen) atoms. The smallest absolute Gasteiger partial charge is 0.279 e. The summed E-state index contributed by atoms with van der Waals surface area (Å²) in [6.45, 7) is 4.91. The number of hydrogen-bond donors (Lipinski definition) is 4. The Kier molecular flexibility index (Phi) is 7.54. The Morgan fingerprint density at radius 1 is 1.26 bits per heavy atom. The number of nitrogens with two attached hydrogens (primary N) is 1. The molecule has 0 saturated carbocycles. The summed E-state index contributed by atoms with van der Waals surface area (Å²) < 4.78 is 24.6. The number of aromatic hydroxyl groups is 1. The molecule has 2 aliphatic heterocycles. The average molecular weight is 484 g/mol. The number of hydrogen-bond acceptors (Lipinski definition) is 8. The maximum Gasteiger partial charge on any atom is 0.279 e. The van der Waals surface area contributed by atoms with E-state index in [1.807, 2.05) is 24.3 Å². The third-order valence-corrected chi connectivity index (χ3v) is 5.91. The van der Waals surface area contributed by atoms with Gasteiger partial charge in [-0.05, 0) is 43.3 Å². The zero-order valence-electron chi connectivity index (χ0n) is 19.8. The second-order valence-corrected chi connectivity index (χ2v) is 8.26. The molecule has 2 aromatic rings. The molecular formula is C25H30FN5O4. The number of anilines is 3. The zero-order valence-corrected chi connectivity index (χ0v) is 19.8. The SMILES string of the molecule is COC(Nc1ccc(N2CCOCC2)cc1)/C(CN)=C1/NC(C)=CN(c2ccc(F)cc2O)C1=O. The second kappa shape index (κ2) is 10.8. The molecule has 9 nitrogen and oxygen atoms in total. The van der Waals surface area contributed by atoms with Gasteiger partial charge in [-0.1, -0.05) is 0 Å². The summed E-state index contributed by atoms with van der Waals surface area (Å²) in [4.78, 5) is 16.9. The molecule has 0 radical (unpaired) electrons. The maximum absolute atomic E-state index is 13.5. The van der Waals surface area contributed by atoms with Crippen LogP contribution in [0.3, 0.4) is 0 Å². The molecule has 10 heteroatoms. The number of nitrogens with zero attached hydrogens (tertiary/aromatic N) is 2. The standard InChI is InChI=1S/C25H30FN5O4/c1-16-15-31(21-8-3-17(26)13-22(21)32)25(33)23(28-16)20(14-27)24(34-2)29-18-4-6-19(7-5-18)30-9-11-35-12-10-30/h3-8,13,15,24,28-29,32H,9-12,14,27H2,1-2H3/b23-20+. The lowest BCUT2D eigenvalue weighted by Gasteiger charge is -2.31. The molecular weight excluding hydrogens is 453 g/mol. The first kappa shape index (κ1) is 24.5. The fourth-order valence-corrected chi connectivity index (χ4v) is 4.12. The van der Waals surface area contributed by atoms with E-state index < -0.39 is 18.0 Å². The van der Waals surface area contributed by atoms with E-state index in [9.17, 15) is 14.3 Å². The van der Waals surface area contributed by atoms with Crippen LogP contribution in [0.5, 0.6) is 5.75 Å². The van der Waals surface area contributed by atoms with Gasteiger partial charge in [0.05, 0.1) is 18.9 Å². The first-order valence-electron chi connectivity index (χ1n) is 11.3. The van der Waals surface area contributed by atoms with Crippen molar-refractivity contribution in [2.24, 2.45) is 5.73 Å². The van der Waals surface area contributed by atoms with E-state index in [2.05, 4.69) is 15.5 Å². The van der Waals surface area contributed by atoms with Gasteiger partial charge in [-0.2, -0.15) is 0 Å². The highest BCUT2D eigenvalue weighted by atomic mass is 19.1. The predicted octanol–water partition coefficient (Wildman–Crippen LogP) is 2.46. The van der Waals surface area contributed by atoms with Crippen LogP contribution in [0.2, 0.25) is 0 Å². The minimum atomic E-state index is -0.699. The lowest BCUT2D eigenvalue weighted by atomic mass is 10.1. The van der Waals surface area contributed by atoms with Crippen molar-refractivity contribution in [2.75, 3.05) is 55.1 Å². The topological polar surface area (TPSA) is 112 Å². The highest BCUT2D eigenvalue weighted by Gasteiger charge is 2.30. The van der Waals surface area contributed by atoms with Gasteiger partial charge in [0, 0.05) is 61.7 Å². The fraction of sp³-hybridized carbons (Fsp3) is 0.320. The molecule has 0 bridgehead atoms. The highest BCUT2D eigenvalue weighted by molar-refractivity contribution is 6.09. The minimum absolute atomic E-state index is 0.0297. The number of carbonyl (C=O) groups is 1. The van der Waals surface area contributed by atoms with Crippen molar-refractivity contribution in [1.29, 1.82) is 0 Å². The monoisotopic (exact) mass is 483 g/mol. The number of allylic oxidation sites excluding steroid dienone is 1. The van der Waals surface area contributed by atoms with Crippen LogP contribution in [0.4, 0.5) is 21.5 Å². The normalized spacial score (nSPS) is 18.6. The van der Waals surface area contributed by atoms with Crippen molar-refractivity contribution >= 4 is 23.0 Å². The number of methoxy groups -OCH3 is 1. The first-order chi connectivity index (χ1) is 16.9. The van der Waals surface area contributed by atoms with Gasteiger partial charge in [0.2, 0.25) is 0 Å². The maximum atomic E-state index is 13.5. The van der Waals surface area contributed by atoms with Crippen LogP contribution in [-0.4, -0.2) is 57.2 Å². The highest BCUT2D eigenvalue weighted by Crippen LogP contribution is 2.32. The molecule has 2 heterocycles. The minimum Gasteiger partial charge on any atom is -0.506 e. The van der Waals surface area contributed by atoms with Gasteiger partial charge in [-0.3, -0.25) is 9.69 Å². The number of ether oxygens (including phenoxy) is 2. The van der Waals surface area contributed by atoms with Gasteiger partial charge in [0.1, 0.15) is 17.3 Å². The van der Waals surface area contributed by atoms with Gasteiger partial charge >= 0.3 is 0 Å². The predicted molar refractivity (Wildman–Crippen MR) is 132 cm³/mol. The van der Waals surface area contributed by atoms with E-state index in [0.717, 1.165) is 30.5 Å². The summed E-state index contributed by atoms with van der Waals surface area (Å²) in [6, 6.07) is 11.4. The Balaban J connectivity index is 1.59. The van der Waals surface area contributed by atoms with Crippen LogP contribution in [0.15, 0.2) is 65.6 Å². The van der Waals surface area contributed by atoms with Crippen LogP contribution in [0.1, 0.15) is 6.92 Å². The Morgan fingerprint density at radius 2 is 1.97 bits per heavy atom. The third-order valence-electron chi connectivity index (χ3n) is 5.91. The van der Waals surface area contributed by atoms with E-state index in [1.54, 1.807) is 6.92 Å². The molecule has 1 saturated heterocycles. The third kappa shape index (κ3) is 5.40. The van der Waals surface area contributed by atoms with Gasteiger partial charge < -0.3 is 35.8 Å². The molecule has 186 valence electrons. The van der Waals surface area contributed by atoms with Gasteiger partial charge in [-0.25, -0.2) is 4.39 Å². The number of benzene rings is 2. The quantitative estimate of drug-likeness (QED) is 0.351. The number of rotatable bonds is 7. The molecule has 0 aliphatic carbocycles. The van der Waals surface area contributed by atoms with E-state index in [-0.39, 0.29) is 23.7 Å². The van der Waals surface area contributed by atoms with Crippen molar-refractivity contribution in [3.8, 4) is 5.75 Å². The Labute approximate surface area is 203 Å². The van der Waals surface area contributed by atoms with E-state index in [0.29, 0.717) is 24.5 Å². The molecule has 0 spiro atoms. The van der Waals surface area contributed by atoms with E-state index in [4.69, 9.17) is 15.2 Å². The number of phenolic OH excluding ortho intramolecular Hbond substituents is 1. The Morgan fingerprint density at radius 3 is 2.60 bits per heavy atom. The molecule has 0 aromatic heterocycles. The fourth-order valence-electron chi connectivity index (χ4n) is 4.12. The first-order valence-corrected chi connectivity index (χ1v) is 11.3. The lowest BCUT2D eigenvalue weighted by molar-refractivity contribution is -0.115. The molecule has 5 N–H and O–H groups in total. The number of nitrogens with one attached hydrogen (secondary N) is 2. The number of halogens is 1. The average Bonchev–Trinajstić information content (AvgIpc) is 2.87. The summed E-state index contributed by atoms with van der Waals surface area (Å²) in [6.07, 6.45) is 0.835. The molecule has 2 aromatic carbocycles. The van der Waals surface area contributed by atoms with Crippen molar-refractivity contribution in [3.05, 3.63) is 71.4 Å². The largest absolute Gasteiger partial charge is 0.506 e. The van der Waals surface area contributed by atoms with Crippen LogP contribution in [-0.2, 0) is 14.3 Å². The van der Waals surface area contributed by atoms with Crippen molar-refractivity contribution in [3.63, 3.8) is 0 Å². The molecule has 1 fully saturated rings. The number of carbonyl (C=O) groups excluding carboxylic acids is 1. The van der Waals surface area contributed by atoms with E-state index in [1.165, 1.54) is 30.3 Å². The van der Waals surface area contributed by atoms with Crippen molar-refractivity contribution < 1.29 is 23.8 Å². The molecule has 2 aliphatic rings. The summed E-state index contributed by atoms with van der Waals surface area (Å²) in [5.74, 6) is -1.40. The molecule has 1 unspecified atom stereocenters. The number of amides is 1. The summed E-state index contributed by atoms with van der Waals surface area (Å²) >= 11 is 0. The second-order valence-electron chi connectivity index (χ2n) is 8.26. The summed E-state index contributed by atoms with van der Waals surface area (Å²) in [7, 11) is 1.52. The van der Waals surface area contributed by atoms with Crippen LogP contribution >= 0.6 is 0 Å². The molecule has 4 rings (SSSR count). The Bertz CT molecular complexity index is 1130. The van der Waals surface area contributed by atoms with Gasteiger partial charge in [0.25, 0.3) is 5.91 Å². The number of phenols is 1. The Hall–Kier alpha value is -3.60. The van der Waals surface area contributed by atoms with Crippen molar-refractivity contribution in [2.45, 2.75) is 13.2 Å².